The molecule has 0 saturated heterocycles. The maximum absolute atomic E-state index is 11.7. The van der Waals surface area contributed by atoms with Crippen LogP contribution in [-0.4, -0.2) is 17.5 Å². The van der Waals surface area contributed by atoms with E-state index >= 15 is 0 Å². The molecule has 0 radical (unpaired) electrons. The van der Waals surface area contributed by atoms with Gasteiger partial charge in [0.2, 0.25) is 5.91 Å². The van der Waals surface area contributed by atoms with Crippen LogP contribution in [0, 0.1) is 0 Å². The zero-order chi connectivity index (χ0) is 15.6. The number of nitrogen functional groups attached to an aromatic ring is 1. The van der Waals surface area contributed by atoms with Crippen molar-refractivity contribution in [2.75, 3.05) is 12.3 Å². The highest BCUT2D eigenvalue weighted by atomic mass is 16.5. The largest absolute Gasteiger partial charge is 0.383 e. The minimum Gasteiger partial charge on any atom is -0.383 e. The van der Waals surface area contributed by atoms with Gasteiger partial charge in [-0.2, -0.15) is 0 Å². The van der Waals surface area contributed by atoms with E-state index in [4.69, 9.17) is 10.5 Å². The van der Waals surface area contributed by atoms with Gasteiger partial charge >= 0.3 is 0 Å². The highest BCUT2D eigenvalue weighted by molar-refractivity contribution is 5.75. The Labute approximate surface area is 130 Å². The summed E-state index contributed by atoms with van der Waals surface area (Å²) in [6.07, 6.45) is 2.76. The van der Waals surface area contributed by atoms with E-state index < -0.39 is 0 Å². The lowest BCUT2D eigenvalue weighted by Crippen LogP contribution is -2.23. The summed E-state index contributed by atoms with van der Waals surface area (Å²) >= 11 is 0. The lowest BCUT2D eigenvalue weighted by atomic mass is 10.2. The summed E-state index contributed by atoms with van der Waals surface area (Å²) in [7, 11) is 0. The summed E-state index contributed by atoms with van der Waals surface area (Å²) in [6.45, 7) is 1.55. The van der Waals surface area contributed by atoms with Gasteiger partial charge in [-0.1, -0.05) is 36.4 Å². The Bertz CT molecular complexity index is 587. The second-order valence-corrected chi connectivity index (χ2v) is 4.97. The SMILES string of the molecule is Nc1ncccc1CNC(=O)CCCOCc1ccccc1. The second kappa shape index (κ2) is 8.79. The molecule has 0 aliphatic heterocycles. The molecule has 1 aromatic heterocycles. The molecule has 1 aromatic carbocycles. The molecule has 2 rings (SSSR count). The van der Waals surface area contributed by atoms with E-state index in [-0.39, 0.29) is 5.91 Å². The first-order valence-corrected chi connectivity index (χ1v) is 7.33. The molecule has 116 valence electrons. The van der Waals surface area contributed by atoms with Gasteiger partial charge < -0.3 is 15.8 Å². The standard InChI is InChI=1S/C17H21N3O2/c18-17-15(8-4-10-19-17)12-20-16(21)9-5-11-22-13-14-6-2-1-3-7-14/h1-4,6-8,10H,5,9,11-13H2,(H2,18,19)(H,20,21). The molecular formula is C17H21N3O2. The molecule has 0 fully saturated rings. The minimum atomic E-state index is -0.00781. The van der Waals surface area contributed by atoms with E-state index in [9.17, 15) is 4.79 Å². The Morgan fingerprint density at radius 1 is 1.18 bits per heavy atom. The Balaban J connectivity index is 1.57. The van der Waals surface area contributed by atoms with Crippen LogP contribution in [0.25, 0.3) is 0 Å². The first kappa shape index (κ1) is 16.0. The summed E-state index contributed by atoms with van der Waals surface area (Å²) in [5.41, 5.74) is 7.69. The van der Waals surface area contributed by atoms with Crippen LogP contribution < -0.4 is 11.1 Å². The zero-order valence-corrected chi connectivity index (χ0v) is 12.5. The summed E-state index contributed by atoms with van der Waals surface area (Å²) in [5, 5.41) is 2.83. The number of ether oxygens (including phenoxy) is 1. The van der Waals surface area contributed by atoms with Gasteiger partial charge in [-0.3, -0.25) is 4.79 Å². The van der Waals surface area contributed by atoms with Gasteiger partial charge in [0.05, 0.1) is 6.61 Å². The van der Waals surface area contributed by atoms with Crippen molar-refractivity contribution in [1.29, 1.82) is 0 Å². The summed E-state index contributed by atoms with van der Waals surface area (Å²) in [4.78, 5) is 15.7. The fourth-order valence-electron chi connectivity index (χ4n) is 1.98. The number of benzene rings is 1. The molecule has 0 saturated carbocycles. The first-order valence-electron chi connectivity index (χ1n) is 7.33. The lowest BCUT2D eigenvalue weighted by Gasteiger charge is -2.07. The Kier molecular flexibility index (Phi) is 6.39. The van der Waals surface area contributed by atoms with E-state index in [0.717, 1.165) is 11.1 Å². The zero-order valence-electron chi connectivity index (χ0n) is 12.5. The lowest BCUT2D eigenvalue weighted by molar-refractivity contribution is -0.121. The van der Waals surface area contributed by atoms with E-state index in [1.54, 1.807) is 12.3 Å². The Hall–Kier alpha value is -2.40. The molecule has 1 amide bonds. The predicted molar refractivity (Wildman–Crippen MR) is 85.8 cm³/mol. The Morgan fingerprint density at radius 2 is 2.00 bits per heavy atom. The van der Waals surface area contributed by atoms with Crippen molar-refractivity contribution in [1.82, 2.24) is 10.3 Å². The fourth-order valence-corrected chi connectivity index (χ4v) is 1.98. The number of carbonyl (C=O) groups is 1. The molecule has 2 aromatic rings. The first-order chi connectivity index (χ1) is 10.8. The summed E-state index contributed by atoms with van der Waals surface area (Å²) < 4.78 is 5.54. The quantitative estimate of drug-likeness (QED) is 0.733. The molecule has 5 nitrogen and oxygen atoms in total. The second-order valence-electron chi connectivity index (χ2n) is 4.97. The Morgan fingerprint density at radius 3 is 2.77 bits per heavy atom. The van der Waals surface area contributed by atoms with Crippen LogP contribution in [0.5, 0.6) is 0 Å². The number of hydrogen-bond donors (Lipinski definition) is 2. The highest BCUT2D eigenvalue weighted by Gasteiger charge is 2.03. The topological polar surface area (TPSA) is 77.2 Å². The van der Waals surface area contributed by atoms with Crippen molar-refractivity contribution in [2.45, 2.75) is 26.0 Å². The smallest absolute Gasteiger partial charge is 0.220 e. The molecule has 0 bridgehead atoms. The molecule has 0 aliphatic rings. The maximum atomic E-state index is 11.7. The normalized spacial score (nSPS) is 10.4. The van der Waals surface area contributed by atoms with Crippen LogP contribution in [-0.2, 0) is 22.7 Å². The number of pyridine rings is 1. The minimum absolute atomic E-state index is 0.00781. The third kappa shape index (κ3) is 5.54. The third-order valence-corrected chi connectivity index (χ3v) is 3.21. The van der Waals surface area contributed by atoms with Crippen molar-refractivity contribution in [3.63, 3.8) is 0 Å². The summed E-state index contributed by atoms with van der Waals surface area (Å²) in [5.74, 6) is 0.445. The molecule has 0 spiro atoms. The number of hydrogen-bond acceptors (Lipinski definition) is 4. The van der Waals surface area contributed by atoms with Gasteiger partial charge in [-0.05, 0) is 18.1 Å². The number of anilines is 1. The van der Waals surface area contributed by atoms with Crippen LogP contribution in [0.3, 0.4) is 0 Å². The number of nitrogens with two attached hydrogens (primary N) is 1. The predicted octanol–water partition coefficient (Wildman–Crippen LogP) is 2.28. The van der Waals surface area contributed by atoms with Gasteiger partial charge in [0.1, 0.15) is 5.82 Å². The van der Waals surface area contributed by atoms with Crippen LogP contribution in [0.2, 0.25) is 0 Å². The van der Waals surface area contributed by atoms with Gasteiger partial charge in [0.15, 0.2) is 0 Å². The molecule has 3 N–H and O–H groups in total. The fraction of sp³-hybridized carbons (Fsp3) is 0.294. The van der Waals surface area contributed by atoms with Gasteiger partial charge in [-0.25, -0.2) is 4.98 Å². The molecule has 0 aliphatic carbocycles. The van der Waals surface area contributed by atoms with Crippen LogP contribution >= 0.6 is 0 Å². The average molecular weight is 299 g/mol. The van der Waals surface area contributed by atoms with E-state index in [1.165, 1.54) is 0 Å². The van der Waals surface area contributed by atoms with Gasteiger partial charge in [-0.15, -0.1) is 0 Å². The molecule has 1 heterocycles. The van der Waals surface area contributed by atoms with E-state index in [2.05, 4.69) is 10.3 Å². The van der Waals surface area contributed by atoms with Crippen molar-refractivity contribution in [2.24, 2.45) is 0 Å². The monoisotopic (exact) mass is 299 g/mol. The number of aromatic nitrogens is 1. The molecular weight excluding hydrogens is 278 g/mol. The maximum Gasteiger partial charge on any atom is 0.220 e. The third-order valence-electron chi connectivity index (χ3n) is 3.21. The van der Waals surface area contributed by atoms with Crippen molar-refractivity contribution < 1.29 is 9.53 Å². The molecule has 0 unspecified atom stereocenters. The van der Waals surface area contributed by atoms with E-state index in [1.807, 2.05) is 36.4 Å². The number of nitrogens with zero attached hydrogens (tertiary/aromatic N) is 1. The molecule has 5 heteroatoms. The van der Waals surface area contributed by atoms with Crippen LogP contribution in [0.1, 0.15) is 24.0 Å². The number of rotatable bonds is 8. The van der Waals surface area contributed by atoms with Crippen molar-refractivity contribution in [3.8, 4) is 0 Å². The van der Waals surface area contributed by atoms with Crippen molar-refractivity contribution in [3.05, 3.63) is 59.8 Å². The average Bonchev–Trinajstić information content (AvgIpc) is 2.55. The molecule has 0 atom stereocenters. The number of nitrogens with one attached hydrogen (secondary N) is 1. The van der Waals surface area contributed by atoms with Crippen molar-refractivity contribution >= 4 is 11.7 Å². The number of carbonyl (C=O) groups excluding carboxylic acids is 1. The number of amides is 1. The van der Waals surface area contributed by atoms with Gasteiger partial charge in [0, 0.05) is 31.3 Å². The highest BCUT2D eigenvalue weighted by Crippen LogP contribution is 2.06. The summed E-state index contributed by atoms with van der Waals surface area (Å²) in [6, 6.07) is 13.6. The van der Waals surface area contributed by atoms with Gasteiger partial charge in [0.25, 0.3) is 0 Å². The molecule has 22 heavy (non-hydrogen) atoms. The van der Waals surface area contributed by atoms with Crippen LogP contribution in [0.15, 0.2) is 48.7 Å². The van der Waals surface area contributed by atoms with Crippen LogP contribution in [0.4, 0.5) is 5.82 Å². The van der Waals surface area contributed by atoms with E-state index in [0.29, 0.717) is 38.4 Å².